The van der Waals surface area contributed by atoms with Crippen molar-refractivity contribution in [1.29, 1.82) is 0 Å². The van der Waals surface area contributed by atoms with E-state index in [4.69, 9.17) is 9.47 Å². The van der Waals surface area contributed by atoms with E-state index in [0.717, 1.165) is 12.1 Å². The fourth-order valence-electron chi connectivity index (χ4n) is 3.13. The number of nitrogens with zero attached hydrogens (tertiary/aromatic N) is 4. The highest BCUT2D eigenvalue weighted by Crippen LogP contribution is 2.18. The second-order valence-corrected chi connectivity index (χ2v) is 6.39. The van der Waals surface area contributed by atoms with Crippen LogP contribution in [-0.2, 0) is 11.3 Å². The smallest absolute Gasteiger partial charge is 0.255 e. The number of ether oxygens (including phenoxy) is 2. The van der Waals surface area contributed by atoms with E-state index in [1.807, 2.05) is 42.9 Å². The van der Waals surface area contributed by atoms with Gasteiger partial charge in [-0.05, 0) is 25.5 Å². The molecule has 3 aromatic rings. The number of nitrogens with one attached hydrogen (secondary N) is 1. The van der Waals surface area contributed by atoms with Gasteiger partial charge in [0.1, 0.15) is 11.8 Å². The molecule has 1 saturated heterocycles. The average Bonchev–Trinajstić information content (AvgIpc) is 3.35. The molecule has 8 nitrogen and oxygen atoms in total. The Morgan fingerprint density at radius 1 is 1.42 bits per heavy atom. The van der Waals surface area contributed by atoms with E-state index in [9.17, 15) is 4.79 Å². The van der Waals surface area contributed by atoms with Gasteiger partial charge in [0.2, 0.25) is 0 Å². The van der Waals surface area contributed by atoms with Gasteiger partial charge in [0.25, 0.3) is 5.91 Å². The number of aromatic nitrogens is 4. The fourth-order valence-corrected chi connectivity index (χ4v) is 3.13. The Labute approximate surface area is 150 Å². The number of hydrogen-bond donors (Lipinski definition) is 1. The minimum atomic E-state index is -0.256. The molecule has 1 N–H and O–H groups in total. The van der Waals surface area contributed by atoms with Crippen LogP contribution in [0.15, 0.2) is 37.1 Å². The summed E-state index contributed by atoms with van der Waals surface area (Å²) in [4.78, 5) is 17.1. The summed E-state index contributed by atoms with van der Waals surface area (Å²) in [5.74, 6) is 0.492. The molecule has 1 fully saturated rings. The molecule has 0 radical (unpaired) electrons. The lowest BCUT2D eigenvalue weighted by molar-refractivity contribution is 0.0905. The van der Waals surface area contributed by atoms with Crippen LogP contribution >= 0.6 is 0 Å². The number of fused-ring (bicyclic) bond motifs is 1. The Morgan fingerprint density at radius 2 is 2.31 bits per heavy atom. The third-order valence-corrected chi connectivity index (χ3v) is 4.43. The predicted molar refractivity (Wildman–Crippen MR) is 94.3 cm³/mol. The van der Waals surface area contributed by atoms with Crippen molar-refractivity contribution in [2.24, 2.45) is 0 Å². The van der Waals surface area contributed by atoms with Crippen LogP contribution in [-0.4, -0.2) is 50.4 Å². The van der Waals surface area contributed by atoms with Crippen molar-refractivity contribution in [3.8, 4) is 5.75 Å². The Bertz CT molecular complexity index is 932. The number of amides is 1. The summed E-state index contributed by atoms with van der Waals surface area (Å²) >= 11 is 0. The lowest BCUT2D eigenvalue weighted by Crippen LogP contribution is -2.45. The standard InChI is InChI=1S/C18H21N5O3/c1-3-23-9-13(7-20-23)26-16-11-25-10-15(16)21-18(24)14-6-12(2)8-22-5-4-19-17(14)22/h4-9,15-16H,3,10-11H2,1-2H3,(H,21,24)/t15-,16+/m0/s1. The van der Waals surface area contributed by atoms with E-state index in [2.05, 4.69) is 15.4 Å². The lowest BCUT2D eigenvalue weighted by atomic mass is 10.1. The molecule has 1 amide bonds. The zero-order valence-electron chi connectivity index (χ0n) is 14.8. The van der Waals surface area contributed by atoms with Gasteiger partial charge in [0, 0.05) is 25.1 Å². The number of carbonyl (C=O) groups excluding carboxylic acids is 1. The number of aryl methyl sites for hydroxylation is 2. The Morgan fingerprint density at radius 3 is 3.12 bits per heavy atom. The van der Waals surface area contributed by atoms with Crippen LogP contribution in [0.4, 0.5) is 0 Å². The molecule has 0 aliphatic carbocycles. The van der Waals surface area contributed by atoms with Crippen molar-refractivity contribution < 1.29 is 14.3 Å². The average molecular weight is 355 g/mol. The molecule has 0 saturated carbocycles. The molecule has 4 heterocycles. The van der Waals surface area contributed by atoms with Crippen LogP contribution in [0.3, 0.4) is 0 Å². The van der Waals surface area contributed by atoms with E-state index >= 15 is 0 Å². The third kappa shape index (κ3) is 3.15. The van der Waals surface area contributed by atoms with E-state index in [-0.39, 0.29) is 18.1 Å². The van der Waals surface area contributed by atoms with Crippen molar-refractivity contribution in [1.82, 2.24) is 24.5 Å². The number of rotatable bonds is 5. The largest absolute Gasteiger partial charge is 0.482 e. The second kappa shape index (κ2) is 6.80. The van der Waals surface area contributed by atoms with Crippen LogP contribution in [0.1, 0.15) is 22.8 Å². The third-order valence-electron chi connectivity index (χ3n) is 4.43. The molecule has 26 heavy (non-hydrogen) atoms. The van der Waals surface area contributed by atoms with Crippen LogP contribution in [0.2, 0.25) is 0 Å². The maximum Gasteiger partial charge on any atom is 0.255 e. The van der Waals surface area contributed by atoms with E-state index in [1.165, 1.54) is 0 Å². The van der Waals surface area contributed by atoms with Gasteiger partial charge in [0.05, 0.1) is 37.2 Å². The fraction of sp³-hybridized carbons (Fsp3) is 0.389. The van der Waals surface area contributed by atoms with Crippen molar-refractivity contribution >= 4 is 11.6 Å². The Hall–Kier alpha value is -2.87. The van der Waals surface area contributed by atoms with Gasteiger partial charge in [-0.1, -0.05) is 0 Å². The predicted octanol–water partition coefficient (Wildman–Crippen LogP) is 1.44. The van der Waals surface area contributed by atoms with E-state index < -0.39 is 0 Å². The first-order valence-corrected chi connectivity index (χ1v) is 8.65. The van der Waals surface area contributed by atoms with Crippen molar-refractivity contribution in [2.75, 3.05) is 13.2 Å². The normalized spacial score (nSPS) is 19.8. The first-order valence-electron chi connectivity index (χ1n) is 8.65. The molecular formula is C18H21N5O3. The summed E-state index contributed by atoms with van der Waals surface area (Å²) in [7, 11) is 0. The molecule has 136 valence electrons. The number of imidazole rings is 1. The van der Waals surface area contributed by atoms with Gasteiger partial charge in [-0.25, -0.2) is 4.98 Å². The maximum absolute atomic E-state index is 12.8. The molecule has 1 aliphatic heterocycles. The minimum absolute atomic E-state index is 0.182. The zero-order valence-corrected chi connectivity index (χ0v) is 14.8. The molecule has 0 aromatic carbocycles. The van der Waals surface area contributed by atoms with Crippen molar-refractivity contribution in [3.63, 3.8) is 0 Å². The highest BCUT2D eigenvalue weighted by molar-refractivity contribution is 6.00. The topological polar surface area (TPSA) is 82.7 Å². The van der Waals surface area contributed by atoms with Gasteiger partial charge in [-0.3, -0.25) is 9.48 Å². The SMILES string of the molecule is CCn1cc(O[C@@H]2COC[C@@H]2NC(=O)c2cc(C)cn3ccnc23)cn1. The Kier molecular flexibility index (Phi) is 4.34. The molecule has 0 unspecified atom stereocenters. The molecule has 3 aromatic heterocycles. The first kappa shape index (κ1) is 16.6. The highest BCUT2D eigenvalue weighted by atomic mass is 16.5. The summed E-state index contributed by atoms with van der Waals surface area (Å²) in [5, 5.41) is 7.23. The molecule has 8 heteroatoms. The van der Waals surface area contributed by atoms with E-state index in [1.54, 1.807) is 17.1 Å². The molecular weight excluding hydrogens is 334 g/mol. The summed E-state index contributed by atoms with van der Waals surface area (Å²) < 4.78 is 15.1. The minimum Gasteiger partial charge on any atom is -0.482 e. The van der Waals surface area contributed by atoms with Gasteiger partial charge in [-0.15, -0.1) is 0 Å². The van der Waals surface area contributed by atoms with Gasteiger partial charge in [-0.2, -0.15) is 5.10 Å². The molecule has 4 rings (SSSR count). The highest BCUT2D eigenvalue weighted by Gasteiger charge is 2.32. The summed E-state index contributed by atoms with van der Waals surface area (Å²) in [6.07, 6.45) is 8.71. The monoisotopic (exact) mass is 355 g/mol. The van der Waals surface area contributed by atoms with Crippen molar-refractivity contribution in [3.05, 3.63) is 48.2 Å². The molecule has 1 aliphatic rings. The molecule has 0 bridgehead atoms. The number of hydrogen-bond acceptors (Lipinski definition) is 5. The maximum atomic E-state index is 12.8. The summed E-state index contributed by atoms with van der Waals surface area (Å²) in [6.45, 7) is 5.57. The van der Waals surface area contributed by atoms with Crippen LogP contribution < -0.4 is 10.1 Å². The number of carbonyl (C=O) groups is 1. The van der Waals surface area contributed by atoms with E-state index in [0.29, 0.717) is 30.2 Å². The van der Waals surface area contributed by atoms with Gasteiger partial charge in [0.15, 0.2) is 5.75 Å². The molecule has 2 atom stereocenters. The first-order chi connectivity index (χ1) is 12.6. The number of pyridine rings is 1. The van der Waals surface area contributed by atoms with Gasteiger partial charge >= 0.3 is 0 Å². The van der Waals surface area contributed by atoms with Gasteiger partial charge < -0.3 is 19.2 Å². The lowest BCUT2D eigenvalue weighted by Gasteiger charge is -2.20. The van der Waals surface area contributed by atoms with Crippen LogP contribution in [0.5, 0.6) is 5.75 Å². The Balaban J connectivity index is 1.50. The van der Waals surface area contributed by atoms with Crippen LogP contribution in [0.25, 0.3) is 5.65 Å². The zero-order chi connectivity index (χ0) is 18.1. The molecule has 0 spiro atoms. The quantitative estimate of drug-likeness (QED) is 0.749. The summed E-state index contributed by atoms with van der Waals surface area (Å²) in [6, 6.07) is 1.61. The summed E-state index contributed by atoms with van der Waals surface area (Å²) in [5.41, 5.74) is 2.16. The van der Waals surface area contributed by atoms with Crippen molar-refractivity contribution in [2.45, 2.75) is 32.5 Å². The van der Waals surface area contributed by atoms with Crippen LogP contribution in [0, 0.1) is 6.92 Å². The second-order valence-electron chi connectivity index (χ2n) is 6.39.